The number of thiazole rings is 1. The molecule has 1 aliphatic rings. The maximum absolute atomic E-state index is 13.9. The number of amides is 2. The zero-order chi connectivity index (χ0) is 18.8. The van der Waals surface area contributed by atoms with Crippen molar-refractivity contribution in [2.75, 3.05) is 5.32 Å². The minimum atomic E-state index is -0.530. The Morgan fingerprint density at radius 2 is 1.96 bits per heavy atom. The van der Waals surface area contributed by atoms with E-state index in [4.69, 9.17) is 0 Å². The van der Waals surface area contributed by atoms with E-state index in [1.165, 1.54) is 17.4 Å². The molecule has 1 N–H and O–H groups in total. The first-order valence-electron chi connectivity index (χ1n) is 8.46. The quantitative estimate of drug-likeness (QED) is 0.754. The molecule has 0 unspecified atom stereocenters. The van der Waals surface area contributed by atoms with Gasteiger partial charge in [0.05, 0.1) is 12.5 Å². The maximum atomic E-state index is 13.9. The molecule has 0 aliphatic carbocycles. The van der Waals surface area contributed by atoms with E-state index in [0.717, 1.165) is 11.3 Å². The molecular weight excluding hydrogens is 365 g/mol. The van der Waals surface area contributed by atoms with E-state index in [1.54, 1.807) is 34.3 Å². The van der Waals surface area contributed by atoms with Gasteiger partial charge in [-0.05, 0) is 17.7 Å². The van der Waals surface area contributed by atoms with Crippen LogP contribution in [0.25, 0.3) is 0 Å². The Labute approximate surface area is 158 Å². The molecule has 2 aromatic carbocycles. The minimum Gasteiger partial charge on any atom is -0.325 e. The third-order valence-electron chi connectivity index (χ3n) is 4.47. The topological polar surface area (TPSA) is 63.5 Å². The van der Waals surface area contributed by atoms with Gasteiger partial charge < -0.3 is 9.88 Å². The van der Waals surface area contributed by atoms with E-state index in [2.05, 4.69) is 10.3 Å². The Bertz CT molecular complexity index is 1090. The summed E-state index contributed by atoms with van der Waals surface area (Å²) in [6.07, 6.45) is 1.77. The van der Waals surface area contributed by atoms with Crippen LogP contribution in [-0.2, 0) is 16.1 Å². The first-order valence-corrected chi connectivity index (χ1v) is 9.34. The van der Waals surface area contributed by atoms with Crippen molar-refractivity contribution in [1.29, 1.82) is 0 Å². The minimum absolute atomic E-state index is 0.000441. The number of aromatic nitrogens is 1. The molecule has 0 fully saturated rings. The third kappa shape index (κ3) is 3.59. The van der Waals surface area contributed by atoms with E-state index < -0.39 is 5.92 Å². The Kier molecular flexibility index (Phi) is 4.68. The number of hydrogen-bond donors (Lipinski definition) is 1. The molecule has 136 valence electrons. The number of anilines is 1. The monoisotopic (exact) mass is 381 g/mol. The van der Waals surface area contributed by atoms with Gasteiger partial charge in [0, 0.05) is 29.2 Å². The van der Waals surface area contributed by atoms with Crippen LogP contribution >= 0.6 is 11.3 Å². The number of para-hydroxylation sites is 1. The van der Waals surface area contributed by atoms with Crippen LogP contribution in [0.2, 0.25) is 0 Å². The average Bonchev–Trinajstić information content (AvgIpc) is 3.21. The SMILES string of the molecule is O=C(C[C@H]1C(=O)Nc2ccccc21)N=c1sccn1Cc1ccccc1F. The lowest BCUT2D eigenvalue weighted by atomic mass is 9.97. The molecule has 0 radical (unpaired) electrons. The van der Waals surface area contributed by atoms with E-state index in [-0.39, 0.29) is 30.6 Å². The molecule has 4 rings (SSSR count). The van der Waals surface area contributed by atoms with Crippen molar-refractivity contribution in [2.24, 2.45) is 4.99 Å². The zero-order valence-corrected chi connectivity index (χ0v) is 15.1. The van der Waals surface area contributed by atoms with Crippen molar-refractivity contribution in [3.05, 3.63) is 81.9 Å². The summed E-state index contributed by atoms with van der Waals surface area (Å²) in [5.41, 5.74) is 2.08. The number of hydrogen-bond acceptors (Lipinski definition) is 3. The molecule has 0 bridgehead atoms. The molecule has 1 atom stereocenters. The first-order chi connectivity index (χ1) is 13.1. The summed E-state index contributed by atoms with van der Waals surface area (Å²) in [6, 6.07) is 13.8. The Morgan fingerprint density at radius 1 is 1.19 bits per heavy atom. The van der Waals surface area contributed by atoms with Crippen LogP contribution in [0.1, 0.15) is 23.5 Å². The standard InChI is InChI=1S/C20H16FN3O2S/c21-16-7-3-1-5-13(16)12-24-9-10-27-20(24)23-18(25)11-15-14-6-2-4-8-17(14)22-19(15)26/h1-10,15H,11-12H2,(H,22,26)/t15-/m1/s1. The summed E-state index contributed by atoms with van der Waals surface area (Å²) in [6.45, 7) is 0.287. The fraction of sp³-hybridized carbons (Fsp3) is 0.150. The van der Waals surface area contributed by atoms with E-state index in [0.29, 0.717) is 10.4 Å². The number of nitrogens with one attached hydrogen (secondary N) is 1. The van der Waals surface area contributed by atoms with E-state index in [1.807, 2.05) is 24.3 Å². The molecule has 0 saturated heterocycles. The molecule has 1 aliphatic heterocycles. The highest BCUT2D eigenvalue weighted by molar-refractivity contribution is 7.07. The van der Waals surface area contributed by atoms with Crippen LogP contribution in [0.5, 0.6) is 0 Å². The molecule has 27 heavy (non-hydrogen) atoms. The Balaban J connectivity index is 1.55. The zero-order valence-electron chi connectivity index (χ0n) is 14.3. The highest BCUT2D eigenvalue weighted by Gasteiger charge is 2.31. The molecule has 2 amide bonds. The number of fused-ring (bicyclic) bond motifs is 1. The second-order valence-corrected chi connectivity index (χ2v) is 7.12. The fourth-order valence-electron chi connectivity index (χ4n) is 3.12. The van der Waals surface area contributed by atoms with Gasteiger partial charge >= 0.3 is 0 Å². The van der Waals surface area contributed by atoms with Gasteiger partial charge in [0.2, 0.25) is 11.8 Å². The normalized spacial score (nSPS) is 16.3. The smallest absolute Gasteiger partial charge is 0.249 e. The highest BCUT2D eigenvalue weighted by atomic mass is 32.1. The summed E-state index contributed by atoms with van der Waals surface area (Å²) >= 11 is 1.30. The van der Waals surface area contributed by atoms with Crippen molar-refractivity contribution in [1.82, 2.24) is 4.57 Å². The molecule has 3 aromatic rings. The van der Waals surface area contributed by atoms with E-state index in [9.17, 15) is 14.0 Å². The molecule has 2 heterocycles. The largest absolute Gasteiger partial charge is 0.325 e. The molecule has 0 saturated carbocycles. The lowest BCUT2D eigenvalue weighted by molar-refractivity contribution is -0.123. The van der Waals surface area contributed by atoms with Gasteiger partial charge in [-0.25, -0.2) is 4.39 Å². The number of carbonyl (C=O) groups excluding carboxylic acids is 2. The molecular formula is C20H16FN3O2S. The molecule has 7 heteroatoms. The van der Waals surface area contributed by atoms with Crippen LogP contribution in [-0.4, -0.2) is 16.4 Å². The Hall–Kier alpha value is -3.06. The maximum Gasteiger partial charge on any atom is 0.249 e. The Morgan fingerprint density at radius 3 is 2.81 bits per heavy atom. The van der Waals surface area contributed by atoms with Gasteiger partial charge in [-0.15, -0.1) is 11.3 Å². The van der Waals surface area contributed by atoms with Crippen molar-refractivity contribution in [3.8, 4) is 0 Å². The summed E-state index contributed by atoms with van der Waals surface area (Å²) in [7, 11) is 0. The van der Waals surface area contributed by atoms with Gasteiger partial charge in [-0.2, -0.15) is 4.99 Å². The van der Waals surface area contributed by atoms with Crippen LogP contribution in [0.15, 0.2) is 65.1 Å². The van der Waals surface area contributed by atoms with Crippen LogP contribution in [0.4, 0.5) is 10.1 Å². The van der Waals surface area contributed by atoms with E-state index >= 15 is 0 Å². The van der Waals surface area contributed by atoms with Crippen molar-refractivity contribution >= 4 is 28.8 Å². The van der Waals surface area contributed by atoms with Gasteiger partial charge in [-0.1, -0.05) is 36.4 Å². The summed E-state index contributed by atoms with van der Waals surface area (Å²) in [5.74, 6) is -1.40. The van der Waals surface area contributed by atoms with Crippen LogP contribution in [0, 0.1) is 5.82 Å². The molecule has 0 spiro atoms. The number of benzene rings is 2. The fourth-order valence-corrected chi connectivity index (χ4v) is 3.87. The lowest BCUT2D eigenvalue weighted by Gasteiger charge is -2.06. The highest BCUT2D eigenvalue weighted by Crippen LogP contribution is 2.34. The van der Waals surface area contributed by atoms with Gasteiger partial charge in [-0.3, -0.25) is 9.59 Å². The number of nitrogens with zero attached hydrogens (tertiary/aromatic N) is 2. The summed E-state index contributed by atoms with van der Waals surface area (Å²) in [5, 5.41) is 4.58. The van der Waals surface area contributed by atoms with Crippen LogP contribution < -0.4 is 10.1 Å². The average molecular weight is 381 g/mol. The van der Waals surface area contributed by atoms with Crippen LogP contribution in [0.3, 0.4) is 0 Å². The second kappa shape index (κ2) is 7.28. The van der Waals surface area contributed by atoms with Crippen molar-refractivity contribution < 1.29 is 14.0 Å². The summed E-state index contributed by atoms with van der Waals surface area (Å²) < 4.78 is 15.6. The lowest BCUT2D eigenvalue weighted by Crippen LogP contribution is -2.20. The third-order valence-corrected chi connectivity index (χ3v) is 5.26. The molecule has 1 aromatic heterocycles. The number of carbonyl (C=O) groups is 2. The second-order valence-electron chi connectivity index (χ2n) is 6.24. The van der Waals surface area contributed by atoms with Gasteiger partial charge in [0.25, 0.3) is 0 Å². The number of rotatable bonds is 4. The van der Waals surface area contributed by atoms with Gasteiger partial charge in [0.1, 0.15) is 5.82 Å². The predicted molar refractivity (Wildman–Crippen MR) is 101 cm³/mol. The molecule has 5 nitrogen and oxygen atoms in total. The van der Waals surface area contributed by atoms with Crippen molar-refractivity contribution in [2.45, 2.75) is 18.9 Å². The first kappa shape index (κ1) is 17.4. The predicted octanol–water partition coefficient (Wildman–Crippen LogP) is 3.29. The van der Waals surface area contributed by atoms with Gasteiger partial charge in [0.15, 0.2) is 4.80 Å². The summed E-state index contributed by atoms with van der Waals surface area (Å²) in [4.78, 5) is 29.3. The number of halogens is 1. The van der Waals surface area contributed by atoms with Crippen molar-refractivity contribution in [3.63, 3.8) is 0 Å².